The molecule has 11 nitrogen and oxygen atoms in total. The molecule has 1 aromatic heterocycles. The summed E-state index contributed by atoms with van der Waals surface area (Å²) >= 11 is 1.17. The number of thioether (sulfide) groups is 1. The predicted molar refractivity (Wildman–Crippen MR) is 97.9 cm³/mol. The van der Waals surface area contributed by atoms with Gasteiger partial charge in [-0.05, 0) is 12.1 Å². The topological polar surface area (TPSA) is 161 Å². The fourth-order valence-corrected chi connectivity index (χ4v) is 4.52. The van der Waals surface area contributed by atoms with Crippen LogP contribution in [0.15, 0.2) is 34.1 Å². The summed E-state index contributed by atoms with van der Waals surface area (Å²) in [5.41, 5.74) is 4.05. The van der Waals surface area contributed by atoms with Crippen molar-refractivity contribution in [3.8, 4) is 0 Å². The summed E-state index contributed by atoms with van der Waals surface area (Å²) in [6.45, 7) is 0.943. The highest BCUT2D eigenvalue weighted by molar-refractivity contribution is 8.00. The SMILES string of the molecule is CO[C@@]1(NC(=O)C(N)c2ccco2)C(=O)N2C(C(=O)O)=C(COC(C)=O)CS[C@@H]21. The van der Waals surface area contributed by atoms with Gasteiger partial charge in [-0.15, -0.1) is 11.8 Å². The van der Waals surface area contributed by atoms with Crippen molar-refractivity contribution in [3.05, 3.63) is 35.4 Å². The van der Waals surface area contributed by atoms with Crippen LogP contribution in [0.5, 0.6) is 0 Å². The zero-order valence-electron chi connectivity index (χ0n) is 15.5. The number of esters is 1. The molecular weight excluding hydrogens is 406 g/mol. The lowest BCUT2D eigenvalue weighted by molar-refractivity contribution is -0.193. The first kappa shape index (κ1) is 20.9. The molecule has 0 aromatic carbocycles. The summed E-state index contributed by atoms with van der Waals surface area (Å²) in [4.78, 5) is 49.3. The van der Waals surface area contributed by atoms with Gasteiger partial charge in [-0.1, -0.05) is 0 Å². The number of carbonyl (C=O) groups excluding carboxylic acids is 3. The normalized spacial score (nSPS) is 24.4. The molecule has 3 heterocycles. The number of nitrogens with one attached hydrogen (secondary N) is 1. The molecule has 4 N–H and O–H groups in total. The van der Waals surface area contributed by atoms with Gasteiger partial charge in [0.25, 0.3) is 11.6 Å². The van der Waals surface area contributed by atoms with E-state index in [0.717, 1.165) is 4.90 Å². The third kappa shape index (κ3) is 3.50. The van der Waals surface area contributed by atoms with Gasteiger partial charge in [-0.3, -0.25) is 19.3 Å². The second-order valence-electron chi connectivity index (χ2n) is 6.30. The first-order chi connectivity index (χ1) is 13.7. The second-order valence-corrected chi connectivity index (χ2v) is 7.37. The fourth-order valence-electron chi connectivity index (χ4n) is 3.10. The van der Waals surface area contributed by atoms with E-state index in [-0.39, 0.29) is 29.4 Å². The van der Waals surface area contributed by atoms with Gasteiger partial charge in [0, 0.05) is 25.4 Å². The molecule has 2 aliphatic rings. The zero-order chi connectivity index (χ0) is 21.3. The molecule has 0 bridgehead atoms. The van der Waals surface area contributed by atoms with Crippen molar-refractivity contribution < 1.29 is 38.2 Å². The first-order valence-corrected chi connectivity index (χ1v) is 9.48. The lowest BCUT2D eigenvalue weighted by atomic mass is 9.97. The molecule has 12 heteroatoms. The summed E-state index contributed by atoms with van der Waals surface area (Å²) in [5, 5.41) is 11.2. The van der Waals surface area contributed by atoms with E-state index in [2.05, 4.69) is 5.32 Å². The molecule has 2 aliphatic heterocycles. The Labute approximate surface area is 169 Å². The van der Waals surface area contributed by atoms with Crippen molar-refractivity contribution in [2.24, 2.45) is 5.73 Å². The van der Waals surface area contributed by atoms with Gasteiger partial charge in [-0.25, -0.2) is 4.79 Å². The Morgan fingerprint density at radius 1 is 1.52 bits per heavy atom. The van der Waals surface area contributed by atoms with Gasteiger partial charge in [0.2, 0.25) is 5.91 Å². The number of furan rings is 1. The van der Waals surface area contributed by atoms with Crippen molar-refractivity contribution in [1.29, 1.82) is 0 Å². The fraction of sp³-hybridized carbons (Fsp3) is 0.412. The Balaban J connectivity index is 1.84. The number of carboxylic acid groups (broad SMARTS) is 1. The van der Waals surface area contributed by atoms with E-state index in [4.69, 9.17) is 19.6 Å². The van der Waals surface area contributed by atoms with Crippen LogP contribution in [0, 0.1) is 0 Å². The maximum atomic E-state index is 12.9. The predicted octanol–water partition coefficient (Wildman–Crippen LogP) is -0.445. The van der Waals surface area contributed by atoms with Gasteiger partial charge in [0.1, 0.15) is 29.5 Å². The number of rotatable bonds is 7. The molecule has 3 atom stereocenters. The number of carbonyl (C=O) groups is 4. The number of hydrogen-bond donors (Lipinski definition) is 3. The summed E-state index contributed by atoms with van der Waals surface area (Å²) in [7, 11) is 1.23. The molecule has 1 unspecified atom stereocenters. The second kappa shape index (κ2) is 7.89. The van der Waals surface area contributed by atoms with Crippen LogP contribution in [-0.4, -0.2) is 64.3 Å². The van der Waals surface area contributed by atoms with Gasteiger partial charge in [0.15, 0.2) is 0 Å². The highest BCUT2D eigenvalue weighted by atomic mass is 32.2. The number of β-lactam (4-membered cyclic amide) rings is 1. The van der Waals surface area contributed by atoms with E-state index in [9.17, 15) is 24.3 Å². The van der Waals surface area contributed by atoms with Crippen LogP contribution >= 0.6 is 11.8 Å². The number of methoxy groups -OCH3 is 1. The van der Waals surface area contributed by atoms with E-state index in [0.29, 0.717) is 0 Å². The van der Waals surface area contributed by atoms with Crippen molar-refractivity contribution in [3.63, 3.8) is 0 Å². The molecule has 0 spiro atoms. The monoisotopic (exact) mass is 425 g/mol. The summed E-state index contributed by atoms with van der Waals surface area (Å²) in [5.74, 6) is -3.06. The highest BCUT2D eigenvalue weighted by Crippen LogP contribution is 2.46. The molecule has 1 fully saturated rings. The zero-order valence-corrected chi connectivity index (χ0v) is 16.4. The summed E-state index contributed by atoms with van der Waals surface area (Å²) in [6.07, 6.45) is 1.36. The molecule has 0 radical (unpaired) electrons. The van der Waals surface area contributed by atoms with Crippen LogP contribution in [0.1, 0.15) is 18.7 Å². The number of fused-ring (bicyclic) bond motifs is 1. The number of carboxylic acids is 1. The van der Waals surface area contributed by atoms with Crippen LogP contribution in [0.4, 0.5) is 0 Å². The maximum absolute atomic E-state index is 12.9. The van der Waals surface area contributed by atoms with Crippen molar-refractivity contribution >= 4 is 35.5 Å². The van der Waals surface area contributed by atoms with Crippen LogP contribution in [0.3, 0.4) is 0 Å². The molecular formula is C17H19N3O8S. The van der Waals surface area contributed by atoms with Crippen LogP contribution in [0.25, 0.3) is 0 Å². The molecule has 0 saturated carbocycles. The third-order valence-corrected chi connectivity index (χ3v) is 5.90. The van der Waals surface area contributed by atoms with Gasteiger partial charge >= 0.3 is 11.9 Å². The molecule has 0 aliphatic carbocycles. The molecule has 1 saturated heterocycles. The van der Waals surface area contributed by atoms with E-state index in [1.54, 1.807) is 6.07 Å². The Kier molecular flexibility index (Phi) is 5.68. The molecule has 2 amide bonds. The number of nitrogens with zero attached hydrogens (tertiary/aromatic N) is 1. The Morgan fingerprint density at radius 3 is 2.79 bits per heavy atom. The number of amides is 2. The lowest BCUT2D eigenvalue weighted by Crippen LogP contribution is -2.81. The van der Waals surface area contributed by atoms with E-state index < -0.39 is 40.9 Å². The quantitative estimate of drug-likeness (QED) is 0.296. The van der Waals surface area contributed by atoms with Crippen molar-refractivity contribution in [2.75, 3.05) is 19.5 Å². The molecule has 29 heavy (non-hydrogen) atoms. The Morgan fingerprint density at radius 2 is 2.24 bits per heavy atom. The van der Waals surface area contributed by atoms with Crippen LogP contribution in [-0.2, 0) is 28.7 Å². The van der Waals surface area contributed by atoms with E-state index in [1.165, 1.54) is 38.1 Å². The van der Waals surface area contributed by atoms with E-state index >= 15 is 0 Å². The first-order valence-electron chi connectivity index (χ1n) is 8.43. The van der Waals surface area contributed by atoms with E-state index in [1.807, 2.05) is 0 Å². The largest absolute Gasteiger partial charge is 0.477 e. The number of aliphatic carboxylic acids is 1. The Hall–Kier alpha value is -2.83. The lowest BCUT2D eigenvalue weighted by Gasteiger charge is -2.55. The van der Waals surface area contributed by atoms with Crippen molar-refractivity contribution in [2.45, 2.75) is 24.1 Å². The minimum atomic E-state index is -1.78. The summed E-state index contributed by atoms with van der Waals surface area (Å²) < 4.78 is 15.3. The average Bonchev–Trinajstić information content (AvgIpc) is 3.23. The van der Waals surface area contributed by atoms with Crippen LogP contribution in [0.2, 0.25) is 0 Å². The summed E-state index contributed by atoms with van der Waals surface area (Å²) in [6, 6.07) is 1.90. The molecule has 156 valence electrons. The maximum Gasteiger partial charge on any atom is 0.352 e. The minimum Gasteiger partial charge on any atom is -0.477 e. The molecule has 3 rings (SSSR count). The molecule has 1 aromatic rings. The number of hydrogen-bond acceptors (Lipinski definition) is 9. The third-order valence-electron chi connectivity index (χ3n) is 4.53. The smallest absolute Gasteiger partial charge is 0.352 e. The number of nitrogens with two attached hydrogens (primary N) is 1. The average molecular weight is 425 g/mol. The van der Waals surface area contributed by atoms with Gasteiger partial charge < -0.3 is 30.0 Å². The van der Waals surface area contributed by atoms with Crippen LogP contribution < -0.4 is 11.1 Å². The standard InChI is InChI=1S/C17H19N3O8S/c1-8(21)28-6-9-7-29-16-17(26-2,15(25)20(16)12(9)14(23)24)19-13(22)11(18)10-4-3-5-27-10/h3-5,11,16H,6-7,18H2,1-2H3,(H,19,22)(H,23,24)/t11?,16-,17+/m1/s1. The minimum absolute atomic E-state index is 0.161. The van der Waals surface area contributed by atoms with Gasteiger partial charge in [-0.2, -0.15) is 0 Å². The van der Waals surface area contributed by atoms with Crippen molar-refractivity contribution in [1.82, 2.24) is 10.2 Å². The number of ether oxygens (including phenoxy) is 2. The van der Waals surface area contributed by atoms with Gasteiger partial charge in [0.05, 0.1) is 6.26 Å². The Bertz CT molecular complexity index is 883. The highest BCUT2D eigenvalue weighted by Gasteiger charge is 2.66.